The van der Waals surface area contributed by atoms with Crippen LogP contribution < -0.4 is 0 Å². The van der Waals surface area contributed by atoms with Crippen molar-refractivity contribution in [2.75, 3.05) is 0 Å². The SMILES string of the molecule is Cn1ncnc1C(O)OC(C)(C)C. The van der Waals surface area contributed by atoms with Crippen LogP contribution in [0.2, 0.25) is 0 Å². The quantitative estimate of drug-likeness (QED) is 0.686. The Bertz CT molecular complexity index is 277. The molecule has 5 nitrogen and oxygen atoms in total. The molecule has 1 rings (SSSR count). The van der Waals surface area contributed by atoms with Gasteiger partial charge >= 0.3 is 0 Å². The predicted molar refractivity (Wildman–Crippen MR) is 46.8 cm³/mol. The number of ether oxygens (including phenoxy) is 1. The number of aryl methyl sites for hydroxylation is 1. The van der Waals surface area contributed by atoms with Crippen LogP contribution in [0.15, 0.2) is 6.33 Å². The molecule has 1 N–H and O–H groups in total. The molecule has 1 unspecified atom stereocenters. The largest absolute Gasteiger partial charge is 0.362 e. The van der Waals surface area contributed by atoms with Crippen molar-refractivity contribution in [3.05, 3.63) is 12.2 Å². The van der Waals surface area contributed by atoms with Gasteiger partial charge in [-0.05, 0) is 20.8 Å². The third-order valence-electron chi connectivity index (χ3n) is 1.43. The van der Waals surface area contributed by atoms with Gasteiger partial charge in [0.1, 0.15) is 6.33 Å². The molecule has 1 aromatic rings. The lowest BCUT2D eigenvalue weighted by atomic mass is 10.2. The summed E-state index contributed by atoms with van der Waals surface area (Å²) in [6.07, 6.45) is 0.359. The molecule has 0 saturated heterocycles. The summed E-state index contributed by atoms with van der Waals surface area (Å²) in [7, 11) is 1.71. The van der Waals surface area contributed by atoms with Gasteiger partial charge in [0.05, 0.1) is 5.60 Å². The van der Waals surface area contributed by atoms with Gasteiger partial charge < -0.3 is 9.84 Å². The number of hydrogen-bond donors (Lipinski definition) is 1. The molecule has 0 aliphatic carbocycles. The first-order chi connectivity index (χ1) is 5.90. The smallest absolute Gasteiger partial charge is 0.216 e. The Morgan fingerprint density at radius 1 is 1.54 bits per heavy atom. The standard InChI is InChI=1S/C8H15N3O2/c1-8(2,3)13-7(12)6-9-5-10-11(6)4/h5,7,12H,1-4H3. The lowest BCUT2D eigenvalue weighted by molar-refractivity contribution is -0.175. The van der Waals surface area contributed by atoms with Crippen molar-refractivity contribution in [3.8, 4) is 0 Å². The van der Waals surface area contributed by atoms with E-state index in [1.165, 1.54) is 11.0 Å². The van der Waals surface area contributed by atoms with Crippen LogP contribution in [-0.2, 0) is 11.8 Å². The van der Waals surface area contributed by atoms with E-state index in [4.69, 9.17) is 4.74 Å². The number of hydrogen-bond acceptors (Lipinski definition) is 4. The molecule has 0 aliphatic rings. The topological polar surface area (TPSA) is 60.2 Å². The first-order valence-electron chi connectivity index (χ1n) is 4.10. The highest BCUT2D eigenvalue weighted by Gasteiger charge is 2.21. The molecule has 1 aromatic heterocycles. The van der Waals surface area contributed by atoms with Crippen LogP contribution in [0.1, 0.15) is 32.9 Å². The Morgan fingerprint density at radius 2 is 2.15 bits per heavy atom. The van der Waals surface area contributed by atoms with E-state index in [1.54, 1.807) is 7.05 Å². The molecule has 0 radical (unpaired) electrons. The lowest BCUT2D eigenvalue weighted by Gasteiger charge is -2.23. The molecule has 0 bridgehead atoms. The van der Waals surface area contributed by atoms with Crippen molar-refractivity contribution in [2.45, 2.75) is 32.7 Å². The fourth-order valence-corrected chi connectivity index (χ4v) is 0.916. The lowest BCUT2D eigenvalue weighted by Crippen LogP contribution is -2.24. The Hall–Kier alpha value is -0.940. The summed E-state index contributed by atoms with van der Waals surface area (Å²) < 4.78 is 6.78. The summed E-state index contributed by atoms with van der Waals surface area (Å²) in [5.41, 5.74) is -0.397. The molecule has 0 amide bonds. The minimum Gasteiger partial charge on any atom is -0.362 e. The van der Waals surface area contributed by atoms with Crippen LogP contribution in [0.25, 0.3) is 0 Å². The Morgan fingerprint density at radius 3 is 2.54 bits per heavy atom. The number of aromatic nitrogens is 3. The van der Waals surface area contributed by atoms with Crippen LogP contribution >= 0.6 is 0 Å². The molecular formula is C8H15N3O2. The molecule has 0 fully saturated rings. The average molecular weight is 185 g/mol. The first kappa shape index (κ1) is 10.1. The van der Waals surface area contributed by atoms with Crippen molar-refractivity contribution < 1.29 is 9.84 Å². The van der Waals surface area contributed by atoms with E-state index < -0.39 is 11.9 Å². The summed E-state index contributed by atoms with van der Waals surface area (Å²) >= 11 is 0. The van der Waals surface area contributed by atoms with Crippen LogP contribution in [-0.4, -0.2) is 25.5 Å². The molecular weight excluding hydrogens is 170 g/mol. The summed E-state index contributed by atoms with van der Waals surface area (Å²) in [5.74, 6) is 0.412. The monoisotopic (exact) mass is 185 g/mol. The number of aliphatic hydroxyl groups excluding tert-OH is 1. The second kappa shape index (κ2) is 3.43. The third kappa shape index (κ3) is 2.78. The molecule has 1 atom stereocenters. The first-order valence-corrected chi connectivity index (χ1v) is 4.10. The molecule has 1 heterocycles. The number of nitrogens with zero attached hydrogens (tertiary/aromatic N) is 3. The highest BCUT2D eigenvalue weighted by atomic mass is 16.6. The Balaban J connectivity index is 2.69. The molecule has 74 valence electrons. The molecule has 5 heteroatoms. The van der Waals surface area contributed by atoms with Gasteiger partial charge in [-0.2, -0.15) is 5.10 Å². The van der Waals surface area contributed by atoms with Gasteiger partial charge in [-0.3, -0.25) is 0 Å². The van der Waals surface area contributed by atoms with Crippen molar-refractivity contribution in [1.82, 2.24) is 14.8 Å². The maximum Gasteiger partial charge on any atom is 0.216 e. The van der Waals surface area contributed by atoms with E-state index in [0.29, 0.717) is 5.82 Å². The summed E-state index contributed by atoms with van der Waals surface area (Å²) in [6.45, 7) is 5.60. The fraction of sp³-hybridized carbons (Fsp3) is 0.750. The van der Waals surface area contributed by atoms with Gasteiger partial charge in [0.2, 0.25) is 6.29 Å². The van der Waals surface area contributed by atoms with Crippen LogP contribution in [0.3, 0.4) is 0 Å². The summed E-state index contributed by atoms with van der Waals surface area (Å²) in [4.78, 5) is 3.88. The molecule has 0 aromatic carbocycles. The Labute approximate surface area is 77.4 Å². The highest BCUT2D eigenvalue weighted by Crippen LogP contribution is 2.18. The maximum absolute atomic E-state index is 9.58. The van der Waals surface area contributed by atoms with Crippen molar-refractivity contribution in [1.29, 1.82) is 0 Å². The van der Waals surface area contributed by atoms with Gasteiger partial charge in [-0.25, -0.2) is 9.67 Å². The summed E-state index contributed by atoms with van der Waals surface area (Å²) in [6, 6.07) is 0. The zero-order valence-corrected chi connectivity index (χ0v) is 8.35. The second-order valence-corrected chi connectivity index (χ2v) is 3.82. The molecule has 0 spiro atoms. The minimum atomic E-state index is -1.02. The number of rotatable bonds is 2. The molecule has 0 aliphatic heterocycles. The van der Waals surface area contributed by atoms with Crippen molar-refractivity contribution in [3.63, 3.8) is 0 Å². The van der Waals surface area contributed by atoms with Gasteiger partial charge in [-0.1, -0.05) is 0 Å². The van der Waals surface area contributed by atoms with Crippen molar-refractivity contribution in [2.24, 2.45) is 7.05 Å². The van der Waals surface area contributed by atoms with Crippen molar-refractivity contribution >= 4 is 0 Å². The zero-order chi connectivity index (χ0) is 10.1. The fourth-order valence-electron chi connectivity index (χ4n) is 0.916. The Kier molecular flexibility index (Phi) is 2.68. The number of aliphatic hydroxyl groups is 1. The van der Waals surface area contributed by atoms with Crippen LogP contribution in [0.4, 0.5) is 0 Å². The van der Waals surface area contributed by atoms with Crippen LogP contribution in [0, 0.1) is 0 Å². The predicted octanol–water partition coefficient (Wildman–Crippen LogP) is 0.621. The van der Waals surface area contributed by atoms with E-state index in [1.807, 2.05) is 20.8 Å². The van der Waals surface area contributed by atoms with Gasteiger partial charge in [0.15, 0.2) is 5.82 Å². The third-order valence-corrected chi connectivity index (χ3v) is 1.43. The zero-order valence-electron chi connectivity index (χ0n) is 8.35. The average Bonchev–Trinajstić information content (AvgIpc) is 2.30. The van der Waals surface area contributed by atoms with E-state index >= 15 is 0 Å². The minimum absolute atomic E-state index is 0.397. The highest BCUT2D eigenvalue weighted by molar-refractivity contribution is 4.85. The molecule has 13 heavy (non-hydrogen) atoms. The second-order valence-electron chi connectivity index (χ2n) is 3.82. The van der Waals surface area contributed by atoms with Gasteiger partial charge in [-0.15, -0.1) is 0 Å². The van der Waals surface area contributed by atoms with E-state index in [-0.39, 0.29) is 0 Å². The van der Waals surface area contributed by atoms with Crippen LogP contribution in [0.5, 0.6) is 0 Å². The maximum atomic E-state index is 9.58. The van der Waals surface area contributed by atoms with E-state index in [9.17, 15) is 5.11 Å². The van der Waals surface area contributed by atoms with E-state index in [0.717, 1.165) is 0 Å². The van der Waals surface area contributed by atoms with Gasteiger partial charge in [0, 0.05) is 7.05 Å². The normalized spacial score (nSPS) is 14.5. The van der Waals surface area contributed by atoms with E-state index in [2.05, 4.69) is 10.1 Å². The van der Waals surface area contributed by atoms with Gasteiger partial charge in [0.25, 0.3) is 0 Å². The summed E-state index contributed by atoms with van der Waals surface area (Å²) in [5, 5.41) is 13.4. The molecule has 0 saturated carbocycles.